The van der Waals surface area contributed by atoms with Crippen LogP contribution in [0.3, 0.4) is 0 Å². The van der Waals surface area contributed by atoms with Crippen LogP contribution >= 0.6 is 11.6 Å². The van der Waals surface area contributed by atoms with Gasteiger partial charge in [0, 0.05) is 36.5 Å². The van der Waals surface area contributed by atoms with E-state index in [0.717, 1.165) is 48.6 Å². The fraction of sp³-hybridized carbons (Fsp3) is 0.259. The third-order valence-electron chi connectivity index (χ3n) is 5.42. The summed E-state index contributed by atoms with van der Waals surface area (Å²) in [4.78, 5) is 8.73. The van der Waals surface area contributed by atoms with Gasteiger partial charge in [-0.1, -0.05) is 35.9 Å². The van der Waals surface area contributed by atoms with Gasteiger partial charge in [-0.2, -0.15) is 0 Å². The SMILES string of the molecule is OCCc1nccn1CCCCc1ccc(OCc2coc(C=Cc3ccc(Cl)cc3)n2)cc1. The number of benzene rings is 2. The van der Waals surface area contributed by atoms with Crippen molar-refractivity contribution < 1.29 is 14.3 Å². The molecule has 0 atom stereocenters. The van der Waals surface area contributed by atoms with Gasteiger partial charge in [0.1, 0.15) is 30.1 Å². The Bertz CT molecular complexity index is 1180. The Labute approximate surface area is 204 Å². The summed E-state index contributed by atoms with van der Waals surface area (Å²) < 4.78 is 13.5. The highest BCUT2D eigenvalue weighted by molar-refractivity contribution is 6.30. The van der Waals surface area contributed by atoms with Gasteiger partial charge in [0.15, 0.2) is 0 Å². The average Bonchev–Trinajstić information content (AvgIpc) is 3.50. The third kappa shape index (κ3) is 7.07. The minimum atomic E-state index is 0.130. The van der Waals surface area contributed by atoms with Crippen LogP contribution in [-0.2, 0) is 26.0 Å². The van der Waals surface area contributed by atoms with Gasteiger partial charge < -0.3 is 18.8 Å². The lowest BCUT2D eigenvalue weighted by atomic mass is 10.1. The number of nitrogens with zero attached hydrogens (tertiary/aromatic N) is 3. The number of aryl methyl sites for hydroxylation is 2. The molecule has 1 N–H and O–H groups in total. The standard InChI is InChI=1S/C27H28ClN3O3/c28-23-9-4-22(5-10-23)8-13-27-30-24(20-34-27)19-33-25-11-6-21(7-12-25)3-1-2-16-31-17-15-29-26(31)14-18-32/h4-13,15,17,20,32H,1-3,14,16,18-19H2. The number of rotatable bonds is 12. The second kappa shape index (κ2) is 12.2. The van der Waals surface area contributed by atoms with Crippen LogP contribution in [0.5, 0.6) is 5.75 Å². The summed E-state index contributed by atoms with van der Waals surface area (Å²) in [6, 6.07) is 15.8. The summed E-state index contributed by atoms with van der Waals surface area (Å²) in [5.41, 5.74) is 3.04. The second-order valence-corrected chi connectivity index (χ2v) is 8.40. The molecule has 0 unspecified atom stereocenters. The number of aliphatic hydroxyl groups is 1. The first-order chi connectivity index (χ1) is 16.7. The van der Waals surface area contributed by atoms with Crippen LogP contribution in [0.15, 0.2) is 71.6 Å². The van der Waals surface area contributed by atoms with Gasteiger partial charge in [-0.05, 0) is 60.7 Å². The van der Waals surface area contributed by atoms with Crippen molar-refractivity contribution in [2.24, 2.45) is 0 Å². The van der Waals surface area contributed by atoms with Gasteiger partial charge in [-0.15, -0.1) is 0 Å². The molecule has 2 aromatic carbocycles. The Morgan fingerprint density at radius 2 is 1.82 bits per heavy atom. The molecule has 34 heavy (non-hydrogen) atoms. The highest BCUT2D eigenvalue weighted by Gasteiger charge is 2.04. The van der Waals surface area contributed by atoms with Crippen molar-refractivity contribution in [3.05, 3.63) is 101 Å². The maximum atomic E-state index is 9.10. The van der Waals surface area contributed by atoms with E-state index in [9.17, 15) is 0 Å². The van der Waals surface area contributed by atoms with Gasteiger partial charge in [0.25, 0.3) is 0 Å². The number of hydrogen-bond donors (Lipinski definition) is 1. The zero-order valence-corrected chi connectivity index (χ0v) is 19.7. The molecule has 0 aliphatic carbocycles. The van der Waals surface area contributed by atoms with Crippen LogP contribution < -0.4 is 4.74 Å². The lowest BCUT2D eigenvalue weighted by Crippen LogP contribution is -2.05. The minimum Gasteiger partial charge on any atom is -0.487 e. The molecule has 0 saturated carbocycles. The van der Waals surface area contributed by atoms with Crippen LogP contribution in [-0.4, -0.2) is 26.2 Å². The van der Waals surface area contributed by atoms with Crippen LogP contribution in [0, 0.1) is 0 Å². The largest absolute Gasteiger partial charge is 0.487 e. The van der Waals surface area contributed by atoms with Crippen molar-refractivity contribution in [1.82, 2.24) is 14.5 Å². The van der Waals surface area contributed by atoms with Gasteiger partial charge >= 0.3 is 0 Å². The molecule has 0 aliphatic heterocycles. The minimum absolute atomic E-state index is 0.130. The second-order valence-electron chi connectivity index (χ2n) is 7.96. The van der Waals surface area contributed by atoms with E-state index in [1.165, 1.54) is 5.56 Å². The number of ether oxygens (including phenoxy) is 1. The van der Waals surface area contributed by atoms with E-state index >= 15 is 0 Å². The predicted molar refractivity (Wildman–Crippen MR) is 134 cm³/mol. The fourth-order valence-corrected chi connectivity index (χ4v) is 3.73. The molecule has 0 saturated heterocycles. The lowest BCUT2D eigenvalue weighted by molar-refractivity contribution is 0.294. The van der Waals surface area contributed by atoms with Crippen molar-refractivity contribution in [2.45, 2.75) is 38.8 Å². The maximum Gasteiger partial charge on any atom is 0.218 e. The zero-order valence-electron chi connectivity index (χ0n) is 18.9. The highest BCUT2D eigenvalue weighted by atomic mass is 35.5. The van der Waals surface area contributed by atoms with Crippen LogP contribution in [0.1, 0.15) is 41.4 Å². The Balaban J connectivity index is 1.19. The number of aliphatic hydroxyl groups excluding tert-OH is 1. The van der Waals surface area contributed by atoms with Crippen molar-refractivity contribution in [2.75, 3.05) is 6.61 Å². The number of halogens is 1. The van der Waals surface area contributed by atoms with Crippen molar-refractivity contribution >= 4 is 23.8 Å². The van der Waals surface area contributed by atoms with Gasteiger partial charge in [0.2, 0.25) is 5.89 Å². The summed E-state index contributed by atoms with van der Waals surface area (Å²) in [7, 11) is 0. The van der Waals surface area contributed by atoms with Gasteiger partial charge in [-0.3, -0.25) is 0 Å². The molecule has 2 aromatic heterocycles. The first kappa shape index (κ1) is 23.8. The highest BCUT2D eigenvalue weighted by Crippen LogP contribution is 2.17. The van der Waals surface area contributed by atoms with Crippen LogP contribution in [0.4, 0.5) is 0 Å². The van der Waals surface area contributed by atoms with Gasteiger partial charge in [0.05, 0.1) is 6.61 Å². The molecule has 4 rings (SSSR count). The number of oxazole rings is 1. The number of aromatic nitrogens is 3. The Morgan fingerprint density at radius 1 is 1.00 bits per heavy atom. The molecule has 0 aliphatic rings. The first-order valence-corrected chi connectivity index (χ1v) is 11.8. The summed E-state index contributed by atoms with van der Waals surface area (Å²) in [6.45, 7) is 1.40. The average molecular weight is 478 g/mol. The Kier molecular flexibility index (Phi) is 8.54. The van der Waals surface area contributed by atoms with Crippen molar-refractivity contribution in [3.63, 3.8) is 0 Å². The lowest BCUT2D eigenvalue weighted by Gasteiger charge is -2.08. The summed E-state index contributed by atoms with van der Waals surface area (Å²) in [5.74, 6) is 2.28. The summed E-state index contributed by atoms with van der Waals surface area (Å²) in [5, 5.41) is 9.81. The van der Waals surface area contributed by atoms with Crippen molar-refractivity contribution in [1.29, 1.82) is 0 Å². The third-order valence-corrected chi connectivity index (χ3v) is 5.67. The normalized spacial score (nSPS) is 11.4. The molecular formula is C27H28ClN3O3. The molecule has 0 bridgehead atoms. The Hall–Kier alpha value is -3.35. The van der Waals surface area contributed by atoms with E-state index in [1.54, 1.807) is 12.5 Å². The first-order valence-electron chi connectivity index (χ1n) is 11.4. The molecule has 0 amide bonds. The van der Waals surface area contributed by atoms with Gasteiger partial charge in [-0.25, -0.2) is 9.97 Å². The molecule has 0 fully saturated rings. The fourth-order valence-electron chi connectivity index (χ4n) is 3.60. The quantitative estimate of drug-likeness (QED) is 0.260. The van der Waals surface area contributed by atoms with E-state index in [0.29, 0.717) is 23.9 Å². The van der Waals surface area contributed by atoms with Crippen LogP contribution in [0.2, 0.25) is 5.02 Å². The van der Waals surface area contributed by atoms with E-state index in [1.807, 2.05) is 54.7 Å². The topological polar surface area (TPSA) is 73.3 Å². The van der Waals surface area contributed by atoms with E-state index in [4.69, 9.17) is 25.9 Å². The molecule has 176 valence electrons. The Morgan fingerprint density at radius 3 is 2.62 bits per heavy atom. The number of hydrogen-bond acceptors (Lipinski definition) is 5. The molecular weight excluding hydrogens is 450 g/mol. The molecule has 0 radical (unpaired) electrons. The molecule has 0 spiro atoms. The van der Waals surface area contributed by atoms with E-state index < -0.39 is 0 Å². The monoisotopic (exact) mass is 477 g/mol. The molecule has 7 heteroatoms. The summed E-state index contributed by atoms with van der Waals surface area (Å²) >= 11 is 5.91. The maximum absolute atomic E-state index is 9.10. The van der Waals surface area contributed by atoms with E-state index in [2.05, 4.69) is 26.7 Å². The van der Waals surface area contributed by atoms with Crippen molar-refractivity contribution in [3.8, 4) is 5.75 Å². The predicted octanol–water partition coefficient (Wildman–Crippen LogP) is 5.83. The molecule has 6 nitrogen and oxygen atoms in total. The van der Waals surface area contributed by atoms with E-state index in [-0.39, 0.29) is 6.61 Å². The summed E-state index contributed by atoms with van der Waals surface area (Å²) in [6.07, 6.45) is 12.9. The van der Waals surface area contributed by atoms with Crippen LogP contribution in [0.25, 0.3) is 12.2 Å². The smallest absolute Gasteiger partial charge is 0.218 e. The number of unbranched alkanes of at least 4 members (excludes halogenated alkanes) is 1. The number of imidazole rings is 1. The molecule has 2 heterocycles. The zero-order chi connectivity index (χ0) is 23.6. The molecule has 4 aromatic rings.